The molecule has 0 bridgehead atoms. The summed E-state index contributed by atoms with van der Waals surface area (Å²) < 4.78 is 1.97. The fourth-order valence-electron chi connectivity index (χ4n) is 2.65. The van der Waals surface area contributed by atoms with Gasteiger partial charge in [-0.05, 0) is 31.0 Å². The quantitative estimate of drug-likeness (QED) is 0.759. The third-order valence-corrected chi connectivity index (χ3v) is 6.24. The Morgan fingerprint density at radius 3 is 2.92 bits per heavy atom. The van der Waals surface area contributed by atoms with E-state index >= 15 is 0 Å². The summed E-state index contributed by atoms with van der Waals surface area (Å²) in [6.07, 6.45) is 4.56. The fraction of sp³-hybridized carbons (Fsp3) is 0.438. The first-order chi connectivity index (χ1) is 11.6. The Balaban J connectivity index is 1.41. The molecule has 1 aliphatic carbocycles. The predicted octanol–water partition coefficient (Wildman–Crippen LogP) is 4.20. The topological polar surface area (TPSA) is 71.1 Å². The van der Waals surface area contributed by atoms with E-state index in [1.807, 2.05) is 18.2 Å². The lowest BCUT2D eigenvalue weighted by atomic mass is 10.2. The van der Waals surface area contributed by atoms with Crippen LogP contribution in [0.15, 0.2) is 22.5 Å². The zero-order valence-corrected chi connectivity index (χ0v) is 15.4. The first kappa shape index (κ1) is 17.5. The molecule has 8 heteroatoms. The Morgan fingerprint density at radius 2 is 2.12 bits per heavy atom. The molecule has 3 amide bonds. The normalized spacial score (nSPS) is 14.9. The van der Waals surface area contributed by atoms with Crippen LogP contribution in [-0.2, 0) is 4.79 Å². The molecule has 1 aromatic carbocycles. The van der Waals surface area contributed by atoms with Crippen molar-refractivity contribution in [3.63, 3.8) is 0 Å². The molecule has 1 heterocycles. The van der Waals surface area contributed by atoms with Crippen molar-refractivity contribution >= 4 is 56.9 Å². The van der Waals surface area contributed by atoms with Crippen LogP contribution < -0.4 is 10.6 Å². The maximum atomic E-state index is 11.8. The molecule has 1 aromatic heterocycles. The molecule has 0 radical (unpaired) electrons. The lowest BCUT2D eigenvalue weighted by Crippen LogP contribution is -2.43. The highest BCUT2D eigenvalue weighted by molar-refractivity contribution is 8.01. The number of imide groups is 1. The van der Waals surface area contributed by atoms with Crippen LogP contribution in [0.2, 0.25) is 5.02 Å². The van der Waals surface area contributed by atoms with Crippen LogP contribution in [0.5, 0.6) is 0 Å². The van der Waals surface area contributed by atoms with Crippen LogP contribution >= 0.6 is 34.7 Å². The van der Waals surface area contributed by atoms with E-state index in [0.29, 0.717) is 10.8 Å². The largest absolute Gasteiger partial charge is 0.335 e. The van der Waals surface area contributed by atoms with Gasteiger partial charge in [0.2, 0.25) is 5.91 Å². The maximum absolute atomic E-state index is 11.8. The minimum atomic E-state index is -0.383. The van der Waals surface area contributed by atoms with Gasteiger partial charge >= 0.3 is 6.03 Å². The number of fused-ring (bicyclic) bond motifs is 1. The summed E-state index contributed by atoms with van der Waals surface area (Å²) in [5.74, 6) is 0.318. The van der Waals surface area contributed by atoms with Crippen molar-refractivity contribution < 1.29 is 9.59 Å². The molecule has 0 atom stereocenters. The summed E-state index contributed by atoms with van der Waals surface area (Å²) in [5.41, 5.74) is 0.871. The van der Waals surface area contributed by atoms with Gasteiger partial charge in [0, 0.05) is 23.2 Å². The third-order valence-electron chi connectivity index (χ3n) is 3.83. The van der Waals surface area contributed by atoms with E-state index in [0.717, 1.165) is 40.2 Å². The monoisotopic (exact) mass is 383 g/mol. The minimum Gasteiger partial charge on any atom is -0.335 e. The number of nitrogens with zero attached hydrogens (tertiary/aromatic N) is 1. The van der Waals surface area contributed by atoms with Crippen molar-refractivity contribution in [2.24, 2.45) is 0 Å². The molecule has 5 nitrogen and oxygen atoms in total. The Bertz CT molecular complexity index is 744. The summed E-state index contributed by atoms with van der Waals surface area (Å²) in [7, 11) is 0. The number of carbonyl (C=O) groups excluding carboxylic acids is 2. The molecule has 1 aliphatic rings. The summed E-state index contributed by atoms with van der Waals surface area (Å²) in [6, 6.07) is 5.44. The van der Waals surface area contributed by atoms with Crippen molar-refractivity contribution in [3.8, 4) is 0 Å². The van der Waals surface area contributed by atoms with Crippen molar-refractivity contribution in [3.05, 3.63) is 23.2 Å². The van der Waals surface area contributed by atoms with E-state index < -0.39 is 0 Å². The average Bonchev–Trinajstić information content (AvgIpc) is 3.15. The summed E-state index contributed by atoms with van der Waals surface area (Å²) in [5, 5.41) is 5.89. The van der Waals surface area contributed by atoms with Gasteiger partial charge in [0.1, 0.15) is 0 Å². The molecular weight excluding hydrogens is 366 g/mol. The van der Waals surface area contributed by atoms with Gasteiger partial charge in [0.05, 0.1) is 10.2 Å². The number of amides is 3. The summed E-state index contributed by atoms with van der Waals surface area (Å²) in [6.45, 7) is 0. The van der Waals surface area contributed by atoms with Gasteiger partial charge in [0.25, 0.3) is 0 Å². The number of hydrogen-bond acceptors (Lipinski definition) is 5. The SMILES string of the molecule is O=C(CCSc1nc2cc(Cl)ccc2s1)NC(=O)NC1CCCC1. The standard InChI is InChI=1S/C16H18ClN3O2S2/c17-10-5-6-13-12(9-10)19-16(24-13)23-8-7-14(21)20-15(22)18-11-3-1-2-4-11/h5-6,9,11H,1-4,7-8H2,(H2,18,20,21,22). The van der Waals surface area contributed by atoms with Gasteiger partial charge in [0.15, 0.2) is 4.34 Å². The molecule has 1 saturated carbocycles. The lowest BCUT2D eigenvalue weighted by molar-refractivity contribution is -0.119. The Hall–Kier alpha value is -1.31. The van der Waals surface area contributed by atoms with E-state index in [-0.39, 0.29) is 24.4 Å². The van der Waals surface area contributed by atoms with Crippen molar-refractivity contribution in [1.82, 2.24) is 15.6 Å². The van der Waals surface area contributed by atoms with E-state index in [2.05, 4.69) is 15.6 Å². The van der Waals surface area contributed by atoms with Gasteiger partial charge in [-0.25, -0.2) is 9.78 Å². The fourth-order valence-corrected chi connectivity index (χ4v) is 4.88. The second kappa shape index (κ2) is 8.18. The van der Waals surface area contributed by atoms with E-state index in [1.165, 1.54) is 11.8 Å². The minimum absolute atomic E-state index is 0.210. The molecule has 0 spiro atoms. The molecular formula is C16H18ClN3O2S2. The number of halogens is 1. The number of thiazole rings is 1. The predicted molar refractivity (Wildman–Crippen MR) is 98.9 cm³/mol. The van der Waals surface area contributed by atoms with Crippen molar-refractivity contribution in [2.75, 3.05) is 5.75 Å². The molecule has 2 aromatic rings. The number of aromatic nitrogens is 1. The number of benzene rings is 1. The van der Waals surface area contributed by atoms with Crippen molar-refractivity contribution in [2.45, 2.75) is 42.5 Å². The molecule has 1 fully saturated rings. The highest BCUT2D eigenvalue weighted by Crippen LogP contribution is 2.31. The van der Waals surface area contributed by atoms with E-state index in [9.17, 15) is 9.59 Å². The van der Waals surface area contributed by atoms with Gasteiger partial charge in [-0.3, -0.25) is 10.1 Å². The number of carbonyl (C=O) groups is 2. The maximum Gasteiger partial charge on any atom is 0.321 e. The van der Waals surface area contributed by atoms with Gasteiger partial charge < -0.3 is 5.32 Å². The summed E-state index contributed by atoms with van der Waals surface area (Å²) in [4.78, 5) is 28.0. The molecule has 24 heavy (non-hydrogen) atoms. The Kier molecular flexibility index (Phi) is 5.97. The number of hydrogen-bond donors (Lipinski definition) is 2. The zero-order chi connectivity index (χ0) is 16.9. The van der Waals surface area contributed by atoms with Gasteiger partial charge in [-0.2, -0.15) is 0 Å². The smallest absolute Gasteiger partial charge is 0.321 e. The van der Waals surface area contributed by atoms with E-state index in [1.54, 1.807) is 11.3 Å². The first-order valence-corrected chi connectivity index (χ1v) is 10.1. The Labute approximate surface area is 153 Å². The third kappa shape index (κ3) is 4.84. The number of urea groups is 1. The van der Waals surface area contributed by atoms with E-state index in [4.69, 9.17) is 11.6 Å². The van der Waals surface area contributed by atoms with Gasteiger partial charge in [-0.15, -0.1) is 11.3 Å². The Morgan fingerprint density at radius 1 is 1.33 bits per heavy atom. The number of thioether (sulfide) groups is 1. The van der Waals surface area contributed by atoms with Crippen molar-refractivity contribution in [1.29, 1.82) is 0 Å². The van der Waals surface area contributed by atoms with Crippen LogP contribution in [0, 0.1) is 0 Å². The van der Waals surface area contributed by atoms with Crippen LogP contribution in [0.1, 0.15) is 32.1 Å². The molecule has 0 unspecified atom stereocenters. The second-order valence-electron chi connectivity index (χ2n) is 5.69. The average molecular weight is 384 g/mol. The van der Waals surface area contributed by atoms with Crippen LogP contribution in [0.25, 0.3) is 10.2 Å². The lowest BCUT2D eigenvalue weighted by Gasteiger charge is -2.11. The highest BCUT2D eigenvalue weighted by atomic mass is 35.5. The number of nitrogens with one attached hydrogen (secondary N) is 2. The molecule has 3 rings (SSSR count). The molecule has 128 valence electrons. The molecule has 2 N–H and O–H groups in total. The zero-order valence-electron chi connectivity index (χ0n) is 13.0. The second-order valence-corrected chi connectivity index (χ2v) is 8.50. The molecule has 0 aliphatic heterocycles. The summed E-state index contributed by atoms with van der Waals surface area (Å²) >= 11 is 9.04. The molecule has 0 saturated heterocycles. The van der Waals surface area contributed by atoms with Crippen LogP contribution in [0.4, 0.5) is 4.79 Å². The van der Waals surface area contributed by atoms with Crippen LogP contribution in [0.3, 0.4) is 0 Å². The number of rotatable bonds is 5. The highest BCUT2D eigenvalue weighted by Gasteiger charge is 2.18. The van der Waals surface area contributed by atoms with Crippen LogP contribution in [-0.4, -0.2) is 28.7 Å². The first-order valence-electron chi connectivity index (χ1n) is 7.89. The van der Waals surface area contributed by atoms with Gasteiger partial charge in [-0.1, -0.05) is 36.2 Å².